The van der Waals surface area contributed by atoms with Gasteiger partial charge < -0.3 is 0 Å². The van der Waals surface area contributed by atoms with E-state index in [9.17, 15) is 0 Å². The predicted molar refractivity (Wildman–Crippen MR) is 114 cm³/mol. The summed E-state index contributed by atoms with van der Waals surface area (Å²) in [5, 5.41) is 8.15. The fourth-order valence-corrected chi connectivity index (χ4v) is 4.55. The van der Waals surface area contributed by atoms with Crippen LogP contribution >= 0.6 is 11.8 Å². The monoisotopic (exact) mass is 358 g/mol. The molecule has 3 aromatic carbocycles. The lowest BCUT2D eigenvalue weighted by Crippen LogP contribution is -2.11. The van der Waals surface area contributed by atoms with E-state index in [0.29, 0.717) is 0 Å². The molecule has 0 N–H and O–H groups in total. The number of benzene rings is 3. The van der Waals surface area contributed by atoms with Crippen molar-refractivity contribution in [3.63, 3.8) is 0 Å². The minimum atomic E-state index is 0.861. The van der Waals surface area contributed by atoms with Gasteiger partial charge in [0.05, 0.1) is 11.6 Å². The molecule has 0 spiro atoms. The first-order valence-corrected chi connectivity index (χ1v) is 9.83. The molecule has 130 valence electrons. The van der Waals surface area contributed by atoms with Crippen molar-refractivity contribution in [3.8, 4) is 11.1 Å². The Bertz CT molecular complexity index is 954. The van der Waals surface area contributed by atoms with Gasteiger partial charge in [0.2, 0.25) is 0 Å². The van der Waals surface area contributed by atoms with Crippen molar-refractivity contribution in [2.75, 3.05) is 10.9 Å². The van der Waals surface area contributed by atoms with E-state index in [-0.39, 0.29) is 0 Å². The van der Waals surface area contributed by atoms with Crippen molar-refractivity contribution in [2.45, 2.75) is 20.8 Å². The fourth-order valence-electron chi connectivity index (χ4n) is 3.49. The lowest BCUT2D eigenvalue weighted by Gasteiger charge is -2.15. The van der Waals surface area contributed by atoms with Crippen molar-refractivity contribution in [1.29, 1.82) is 0 Å². The van der Waals surface area contributed by atoms with Gasteiger partial charge >= 0.3 is 0 Å². The molecule has 1 aliphatic heterocycles. The van der Waals surface area contributed by atoms with Crippen LogP contribution in [0.25, 0.3) is 11.1 Å². The van der Waals surface area contributed by atoms with Gasteiger partial charge in [-0.05, 0) is 54.7 Å². The third kappa shape index (κ3) is 3.15. The number of rotatable bonds is 3. The molecule has 0 unspecified atom stereocenters. The molecular formula is C23H22N2S. The summed E-state index contributed by atoms with van der Waals surface area (Å²) in [5.74, 6) is 0.861. The van der Waals surface area contributed by atoms with Gasteiger partial charge in [-0.25, -0.2) is 0 Å². The molecule has 0 saturated heterocycles. The molecule has 0 aromatic heterocycles. The maximum absolute atomic E-state index is 4.93. The van der Waals surface area contributed by atoms with Crippen molar-refractivity contribution < 1.29 is 0 Å². The highest BCUT2D eigenvalue weighted by Gasteiger charge is 2.22. The number of anilines is 1. The van der Waals surface area contributed by atoms with Crippen LogP contribution in [0.4, 0.5) is 5.69 Å². The van der Waals surface area contributed by atoms with E-state index >= 15 is 0 Å². The van der Waals surface area contributed by atoms with Crippen LogP contribution in [0.2, 0.25) is 0 Å². The van der Waals surface area contributed by atoms with Gasteiger partial charge in [0.25, 0.3) is 0 Å². The molecule has 4 rings (SSSR count). The summed E-state index contributed by atoms with van der Waals surface area (Å²) in [7, 11) is 0. The highest BCUT2D eigenvalue weighted by atomic mass is 32.2. The van der Waals surface area contributed by atoms with Crippen LogP contribution in [-0.2, 0) is 0 Å². The van der Waals surface area contributed by atoms with E-state index in [1.165, 1.54) is 39.1 Å². The molecule has 1 heterocycles. The molecule has 3 aromatic rings. The van der Waals surface area contributed by atoms with Gasteiger partial charge in [0.1, 0.15) is 5.04 Å². The summed E-state index contributed by atoms with van der Waals surface area (Å²) in [6.07, 6.45) is 0. The molecule has 2 nitrogen and oxygen atoms in total. The number of hydrazone groups is 1. The van der Waals surface area contributed by atoms with Gasteiger partial charge in [-0.15, -0.1) is 0 Å². The number of para-hydroxylation sites is 1. The molecule has 26 heavy (non-hydrogen) atoms. The molecule has 0 atom stereocenters. The second-order valence-electron chi connectivity index (χ2n) is 6.72. The summed E-state index contributed by atoms with van der Waals surface area (Å²) >= 11 is 1.81. The number of hydrogen-bond donors (Lipinski definition) is 0. The summed E-state index contributed by atoms with van der Waals surface area (Å²) in [6.45, 7) is 6.52. The third-order valence-electron chi connectivity index (χ3n) is 4.78. The van der Waals surface area contributed by atoms with Gasteiger partial charge in [-0.3, -0.25) is 5.01 Å². The normalized spacial score (nSPS) is 13.8. The molecule has 0 bridgehead atoms. The Labute approximate surface area is 159 Å². The van der Waals surface area contributed by atoms with E-state index in [1.807, 2.05) is 11.8 Å². The van der Waals surface area contributed by atoms with Gasteiger partial charge in [0.15, 0.2) is 0 Å². The van der Waals surface area contributed by atoms with E-state index in [4.69, 9.17) is 5.10 Å². The highest BCUT2D eigenvalue weighted by Crippen LogP contribution is 2.33. The minimum Gasteiger partial charge on any atom is -0.254 e. The van der Waals surface area contributed by atoms with Crippen molar-refractivity contribution >= 4 is 22.5 Å². The van der Waals surface area contributed by atoms with E-state index in [1.54, 1.807) is 0 Å². The maximum Gasteiger partial charge on any atom is 0.126 e. The zero-order valence-corrected chi connectivity index (χ0v) is 16.2. The zero-order valence-electron chi connectivity index (χ0n) is 15.4. The van der Waals surface area contributed by atoms with Crippen LogP contribution in [-0.4, -0.2) is 10.9 Å². The summed E-state index contributed by atoms with van der Waals surface area (Å²) < 4.78 is 0. The van der Waals surface area contributed by atoms with E-state index in [0.717, 1.165) is 10.9 Å². The van der Waals surface area contributed by atoms with Crippen molar-refractivity contribution in [3.05, 3.63) is 89.0 Å². The van der Waals surface area contributed by atoms with Crippen LogP contribution in [0.1, 0.15) is 22.3 Å². The Morgan fingerprint density at radius 3 is 2.12 bits per heavy atom. The first kappa shape index (κ1) is 16.9. The summed E-state index contributed by atoms with van der Waals surface area (Å²) in [6, 6.07) is 23.5. The van der Waals surface area contributed by atoms with E-state index < -0.39 is 0 Å². The molecule has 0 radical (unpaired) electrons. The molecule has 0 saturated carbocycles. The van der Waals surface area contributed by atoms with Crippen LogP contribution in [0.15, 0.2) is 71.8 Å². The first-order valence-electron chi connectivity index (χ1n) is 8.85. The van der Waals surface area contributed by atoms with E-state index in [2.05, 4.69) is 92.5 Å². The third-order valence-corrected chi connectivity index (χ3v) is 5.72. The van der Waals surface area contributed by atoms with Crippen LogP contribution in [0, 0.1) is 20.8 Å². The molecule has 0 amide bonds. The Hall–Kier alpha value is -2.52. The Morgan fingerprint density at radius 1 is 0.769 bits per heavy atom. The zero-order chi connectivity index (χ0) is 18.1. The molecular weight excluding hydrogens is 336 g/mol. The second kappa shape index (κ2) is 7.00. The molecule has 1 aliphatic rings. The second-order valence-corrected chi connectivity index (χ2v) is 7.65. The Kier molecular flexibility index (Phi) is 4.56. The lowest BCUT2D eigenvalue weighted by atomic mass is 9.96. The number of thioether (sulfide) groups is 1. The standard InChI is InChI=1S/C23H22N2S/c1-16-9-7-8-12-21(16)25-15-26-23(24-25)22-17(2)13-20(14-18(22)3)19-10-5-4-6-11-19/h4-14H,15H2,1-3H3. The highest BCUT2D eigenvalue weighted by molar-refractivity contribution is 8.14. The average Bonchev–Trinajstić information content (AvgIpc) is 3.11. The molecule has 0 aliphatic carbocycles. The van der Waals surface area contributed by atoms with Gasteiger partial charge in [0, 0.05) is 5.56 Å². The predicted octanol–water partition coefficient (Wildman–Crippen LogP) is 6.15. The minimum absolute atomic E-state index is 0.861. The number of hydrogen-bond acceptors (Lipinski definition) is 3. The van der Waals surface area contributed by atoms with Gasteiger partial charge in [-0.2, -0.15) is 5.10 Å². The van der Waals surface area contributed by atoms with Crippen molar-refractivity contribution in [2.24, 2.45) is 5.10 Å². The SMILES string of the molecule is Cc1ccccc1N1CSC(c2c(C)cc(-c3ccccc3)cc2C)=N1. The maximum atomic E-state index is 4.93. The topological polar surface area (TPSA) is 15.6 Å². The summed E-state index contributed by atoms with van der Waals surface area (Å²) in [4.78, 5) is 0. The quantitative estimate of drug-likeness (QED) is 0.558. The smallest absolute Gasteiger partial charge is 0.126 e. The molecule has 3 heteroatoms. The Morgan fingerprint density at radius 2 is 1.42 bits per heavy atom. The number of nitrogens with zero attached hydrogens (tertiary/aromatic N) is 2. The molecule has 0 fully saturated rings. The van der Waals surface area contributed by atoms with Gasteiger partial charge in [-0.1, -0.05) is 72.4 Å². The first-order chi connectivity index (χ1) is 12.6. The fraction of sp³-hybridized carbons (Fsp3) is 0.174. The van der Waals surface area contributed by atoms with Crippen LogP contribution in [0.3, 0.4) is 0 Å². The Balaban J connectivity index is 1.70. The summed E-state index contributed by atoms with van der Waals surface area (Å²) in [5.41, 5.74) is 8.79. The number of aryl methyl sites for hydroxylation is 3. The van der Waals surface area contributed by atoms with Crippen LogP contribution in [0.5, 0.6) is 0 Å². The lowest BCUT2D eigenvalue weighted by molar-refractivity contribution is 1.00. The average molecular weight is 359 g/mol. The van der Waals surface area contributed by atoms with Crippen LogP contribution < -0.4 is 5.01 Å². The van der Waals surface area contributed by atoms with Crippen molar-refractivity contribution in [1.82, 2.24) is 0 Å². The largest absolute Gasteiger partial charge is 0.254 e.